The van der Waals surface area contributed by atoms with Crippen molar-refractivity contribution in [1.29, 1.82) is 0 Å². The quantitative estimate of drug-likeness (QED) is 0.0592. The summed E-state index contributed by atoms with van der Waals surface area (Å²) in [5.74, 6) is 0. The van der Waals surface area contributed by atoms with Crippen molar-refractivity contribution in [2.24, 2.45) is 0 Å². The molecule has 43 heavy (non-hydrogen) atoms. The predicted octanol–water partition coefficient (Wildman–Crippen LogP) is 6.11. The van der Waals surface area contributed by atoms with Crippen LogP contribution in [0.5, 0.6) is 0 Å². The molecule has 258 valence electrons. The fourth-order valence-corrected chi connectivity index (χ4v) is 6.04. The van der Waals surface area contributed by atoms with Gasteiger partial charge < -0.3 is 39.1 Å². The first kappa shape index (κ1) is 40.7. The summed E-state index contributed by atoms with van der Waals surface area (Å²) in [7, 11) is 4.28. The van der Waals surface area contributed by atoms with Crippen LogP contribution >= 0.6 is 0 Å². The molecule has 0 radical (unpaired) electrons. The number of likely N-dealkylation sites (N-methyl/N-ethyl adjacent to an activating group) is 1. The Hall–Kier alpha value is -0.320. The Bertz CT molecular complexity index is 623. The molecular weight excluding hydrogens is 546 g/mol. The van der Waals surface area contributed by atoms with Crippen LogP contribution in [0.4, 0.5) is 0 Å². The summed E-state index contributed by atoms with van der Waals surface area (Å²) in [6.07, 6.45) is 18.9. The lowest BCUT2D eigenvalue weighted by atomic mass is 9.99. The van der Waals surface area contributed by atoms with Gasteiger partial charge in [0.15, 0.2) is 6.29 Å². The first-order chi connectivity index (χ1) is 20.7. The van der Waals surface area contributed by atoms with Crippen molar-refractivity contribution in [2.45, 2.75) is 179 Å². The van der Waals surface area contributed by atoms with Crippen LogP contribution in [0, 0.1) is 0 Å². The van der Waals surface area contributed by atoms with Gasteiger partial charge in [0.1, 0.15) is 37.1 Å². The molecule has 0 aliphatic carbocycles. The third kappa shape index (κ3) is 20.4. The van der Waals surface area contributed by atoms with Crippen molar-refractivity contribution in [3.05, 3.63) is 0 Å². The standard InChI is InChI=1S/C35H72NO7/c1-5-7-9-11-13-15-17-19-21-23-25-36(3,4)27-30(37)28-41-29-31-32(38)33(39)34(40)35(43-31)42-26-24-22-20-18-16-14-12-10-8-6-2/h30-35,37-40H,5-29H2,1-4H3/q+1/t30?,31-,32-,33+,34-,35-/m1/s1. The van der Waals surface area contributed by atoms with Crippen molar-refractivity contribution in [3.63, 3.8) is 0 Å². The van der Waals surface area contributed by atoms with Gasteiger partial charge in [-0.1, -0.05) is 123 Å². The van der Waals surface area contributed by atoms with Gasteiger partial charge in [0, 0.05) is 6.61 Å². The number of ether oxygens (including phenoxy) is 3. The zero-order chi connectivity index (χ0) is 31.8. The van der Waals surface area contributed by atoms with Crippen LogP contribution < -0.4 is 0 Å². The van der Waals surface area contributed by atoms with Gasteiger partial charge >= 0.3 is 0 Å². The number of rotatable bonds is 29. The van der Waals surface area contributed by atoms with Crippen molar-refractivity contribution in [1.82, 2.24) is 0 Å². The molecule has 1 saturated heterocycles. The Kier molecular flexibility index (Phi) is 24.4. The largest absolute Gasteiger partial charge is 0.387 e. The highest BCUT2D eigenvalue weighted by Gasteiger charge is 2.44. The highest BCUT2D eigenvalue weighted by Crippen LogP contribution is 2.23. The molecule has 8 heteroatoms. The van der Waals surface area contributed by atoms with E-state index in [0.717, 1.165) is 30.3 Å². The van der Waals surface area contributed by atoms with Gasteiger partial charge in [-0.2, -0.15) is 0 Å². The number of hydrogen-bond donors (Lipinski definition) is 4. The number of aliphatic hydroxyl groups excluding tert-OH is 4. The van der Waals surface area contributed by atoms with Gasteiger partial charge in [0.2, 0.25) is 0 Å². The fraction of sp³-hybridized carbons (Fsp3) is 1.00. The van der Waals surface area contributed by atoms with Gasteiger partial charge in [-0.15, -0.1) is 0 Å². The molecule has 0 bridgehead atoms. The first-order valence-electron chi connectivity index (χ1n) is 18.1. The van der Waals surface area contributed by atoms with E-state index < -0.39 is 36.8 Å². The van der Waals surface area contributed by atoms with Crippen molar-refractivity contribution < 1.29 is 39.1 Å². The molecule has 0 aromatic carbocycles. The monoisotopic (exact) mass is 619 g/mol. The zero-order valence-corrected chi connectivity index (χ0v) is 28.6. The topological polar surface area (TPSA) is 109 Å². The highest BCUT2D eigenvalue weighted by molar-refractivity contribution is 4.89. The molecule has 0 saturated carbocycles. The minimum absolute atomic E-state index is 0.00595. The van der Waals surface area contributed by atoms with Gasteiger partial charge in [-0.3, -0.25) is 0 Å². The van der Waals surface area contributed by atoms with Gasteiger partial charge in [-0.05, 0) is 19.3 Å². The average molecular weight is 619 g/mol. The summed E-state index contributed by atoms with van der Waals surface area (Å²) in [5.41, 5.74) is 0. The molecule has 1 rings (SSSR count). The average Bonchev–Trinajstić information content (AvgIpc) is 2.97. The van der Waals surface area contributed by atoms with E-state index in [2.05, 4.69) is 27.9 Å². The summed E-state index contributed by atoms with van der Waals surface area (Å²) in [6, 6.07) is 0. The summed E-state index contributed by atoms with van der Waals surface area (Å²) in [5, 5.41) is 41.7. The SMILES string of the molecule is CCCCCCCCCCCCO[C@@H]1O[C@H](COCC(O)C[N+](C)(C)CCCCCCCCCCCC)[C@@H](O)[C@H](O)[C@H]1O. The molecular formula is C35H72NO7+. The number of hydrogen-bond acceptors (Lipinski definition) is 7. The van der Waals surface area contributed by atoms with Crippen LogP contribution in [-0.4, -0.2) is 109 Å². The molecule has 6 atom stereocenters. The van der Waals surface area contributed by atoms with E-state index in [-0.39, 0.29) is 13.2 Å². The Morgan fingerprint density at radius 2 is 1.09 bits per heavy atom. The summed E-state index contributed by atoms with van der Waals surface area (Å²) in [4.78, 5) is 0. The van der Waals surface area contributed by atoms with Gasteiger partial charge in [0.05, 0.1) is 33.9 Å². The lowest BCUT2D eigenvalue weighted by Crippen LogP contribution is -2.59. The molecule has 0 aromatic heterocycles. The predicted molar refractivity (Wildman–Crippen MR) is 175 cm³/mol. The molecule has 1 unspecified atom stereocenters. The second-order valence-corrected chi connectivity index (χ2v) is 13.8. The van der Waals surface area contributed by atoms with Gasteiger partial charge in [0.25, 0.3) is 0 Å². The van der Waals surface area contributed by atoms with E-state index in [9.17, 15) is 20.4 Å². The second kappa shape index (κ2) is 25.8. The van der Waals surface area contributed by atoms with Crippen LogP contribution in [0.25, 0.3) is 0 Å². The summed E-state index contributed by atoms with van der Waals surface area (Å²) < 4.78 is 18.0. The van der Waals surface area contributed by atoms with E-state index in [1.54, 1.807) is 0 Å². The number of unbranched alkanes of at least 4 members (excludes halogenated alkanes) is 18. The van der Waals surface area contributed by atoms with E-state index in [4.69, 9.17) is 14.2 Å². The Morgan fingerprint density at radius 1 is 0.628 bits per heavy atom. The smallest absolute Gasteiger partial charge is 0.186 e. The summed E-state index contributed by atoms with van der Waals surface area (Å²) >= 11 is 0. The molecule has 0 amide bonds. The van der Waals surface area contributed by atoms with Crippen LogP contribution in [0.15, 0.2) is 0 Å². The maximum Gasteiger partial charge on any atom is 0.186 e. The van der Waals surface area contributed by atoms with E-state index in [1.165, 1.54) is 109 Å². The minimum atomic E-state index is -1.37. The van der Waals surface area contributed by atoms with E-state index in [1.807, 2.05) is 0 Å². The Morgan fingerprint density at radius 3 is 1.60 bits per heavy atom. The third-order valence-electron chi connectivity index (χ3n) is 8.86. The first-order valence-corrected chi connectivity index (χ1v) is 18.1. The van der Waals surface area contributed by atoms with Crippen molar-refractivity contribution in [2.75, 3.05) is 47.0 Å². The zero-order valence-electron chi connectivity index (χ0n) is 28.6. The molecule has 0 spiro atoms. The molecule has 4 N–H and O–H groups in total. The number of aliphatic hydroxyl groups is 4. The molecule has 1 heterocycles. The van der Waals surface area contributed by atoms with Crippen LogP contribution in [-0.2, 0) is 14.2 Å². The maximum absolute atomic E-state index is 10.6. The summed E-state index contributed by atoms with van der Waals surface area (Å²) in [6.45, 7) is 6.65. The lowest BCUT2D eigenvalue weighted by Gasteiger charge is -2.40. The minimum Gasteiger partial charge on any atom is -0.387 e. The van der Waals surface area contributed by atoms with Crippen LogP contribution in [0.1, 0.15) is 142 Å². The second-order valence-electron chi connectivity index (χ2n) is 13.8. The van der Waals surface area contributed by atoms with Crippen molar-refractivity contribution >= 4 is 0 Å². The lowest BCUT2D eigenvalue weighted by molar-refractivity contribution is -0.893. The van der Waals surface area contributed by atoms with E-state index >= 15 is 0 Å². The molecule has 1 aliphatic rings. The third-order valence-corrected chi connectivity index (χ3v) is 8.86. The normalized spacial score (nSPS) is 23.6. The molecule has 0 aromatic rings. The molecule has 8 nitrogen and oxygen atoms in total. The fourth-order valence-electron chi connectivity index (χ4n) is 6.04. The number of quaternary nitrogens is 1. The molecule has 1 aliphatic heterocycles. The molecule has 1 fully saturated rings. The Labute approximate surface area is 265 Å². The van der Waals surface area contributed by atoms with Crippen LogP contribution in [0.3, 0.4) is 0 Å². The van der Waals surface area contributed by atoms with Crippen molar-refractivity contribution in [3.8, 4) is 0 Å². The highest BCUT2D eigenvalue weighted by atomic mass is 16.7. The number of nitrogens with zero attached hydrogens (tertiary/aromatic N) is 1. The van der Waals surface area contributed by atoms with Crippen LogP contribution in [0.2, 0.25) is 0 Å². The van der Waals surface area contributed by atoms with Gasteiger partial charge in [-0.25, -0.2) is 0 Å². The maximum atomic E-state index is 10.6. The Balaban J connectivity index is 2.19. The van der Waals surface area contributed by atoms with E-state index in [0.29, 0.717) is 13.2 Å².